The Morgan fingerprint density at radius 3 is 2.59 bits per heavy atom. The summed E-state index contributed by atoms with van der Waals surface area (Å²) in [7, 11) is 0. The Balaban J connectivity index is 3.18. The summed E-state index contributed by atoms with van der Waals surface area (Å²) in [6, 6.07) is 5.51. The van der Waals surface area contributed by atoms with Crippen LogP contribution in [0.15, 0.2) is 30.4 Å². The van der Waals surface area contributed by atoms with Gasteiger partial charge in [0.15, 0.2) is 0 Å². The number of benzene rings is 1. The number of hydrogen-bond acceptors (Lipinski definition) is 2. The van der Waals surface area contributed by atoms with Gasteiger partial charge in [0.25, 0.3) is 0 Å². The van der Waals surface area contributed by atoms with Crippen LogP contribution in [0.1, 0.15) is 29.8 Å². The molecule has 1 aromatic carbocycles. The molecule has 0 spiro atoms. The summed E-state index contributed by atoms with van der Waals surface area (Å²) in [5.74, 6) is -0.885. The van der Waals surface area contributed by atoms with Gasteiger partial charge in [-0.1, -0.05) is 23.8 Å². The summed E-state index contributed by atoms with van der Waals surface area (Å²) in [6.07, 6.45) is 0. The minimum Gasteiger partial charge on any atom is -0.478 e. The van der Waals surface area contributed by atoms with Crippen molar-refractivity contribution in [2.75, 3.05) is 18.0 Å². The van der Waals surface area contributed by atoms with Gasteiger partial charge in [-0.2, -0.15) is 0 Å². The van der Waals surface area contributed by atoms with Crippen LogP contribution in [0.3, 0.4) is 0 Å². The van der Waals surface area contributed by atoms with Crippen LogP contribution < -0.4 is 4.90 Å². The highest BCUT2D eigenvalue weighted by Gasteiger charge is 2.15. The van der Waals surface area contributed by atoms with Crippen molar-refractivity contribution in [2.24, 2.45) is 0 Å². The van der Waals surface area contributed by atoms with Crippen molar-refractivity contribution in [1.82, 2.24) is 0 Å². The summed E-state index contributed by atoms with van der Waals surface area (Å²) in [5.41, 5.74) is 3.09. The minimum absolute atomic E-state index is 0.355. The van der Waals surface area contributed by atoms with Crippen LogP contribution in [0.5, 0.6) is 0 Å². The first kappa shape index (κ1) is 13.3. The van der Waals surface area contributed by atoms with Gasteiger partial charge in [0.05, 0.1) is 11.3 Å². The van der Waals surface area contributed by atoms with Gasteiger partial charge in [0.2, 0.25) is 0 Å². The van der Waals surface area contributed by atoms with Gasteiger partial charge in [-0.15, -0.1) is 0 Å². The molecule has 0 atom stereocenters. The second-order valence-electron chi connectivity index (χ2n) is 4.30. The number of aryl methyl sites for hydroxylation is 1. The number of likely N-dealkylation sites (N-methyl/N-ethyl adjacent to an activating group) is 1. The zero-order valence-electron chi connectivity index (χ0n) is 10.7. The molecule has 1 N–H and O–H groups in total. The zero-order chi connectivity index (χ0) is 13.0. The standard InChI is InChI=1S/C14H19NO2/c1-5-15(9-10(2)3)13-7-6-11(4)8-12(13)14(16)17/h6-8H,2,5,9H2,1,3-4H3,(H,16,17). The van der Waals surface area contributed by atoms with E-state index in [9.17, 15) is 9.90 Å². The Bertz CT molecular complexity index is 438. The van der Waals surface area contributed by atoms with Crippen molar-refractivity contribution in [3.63, 3.8) is 0 Å². The quantitative estimate of drug-likeness (QED) is 0.794. The average Bonchev–Trinajstić information content (AvgIpc) is 2.25. The molecule has 3 nitrogen and oxygen atoms in total. The molecule has 17 heavy (non-hydrogen) atoms. The first-order chi connectivity index (χ1) is 7.95. The lowest BCUT2D eigenvalue weighted by Gasteiger charge is -2.25. The fraction of sp³-hybridized carbons (Fsp3) is 0.357. The fourth-order valence-corrected chi connectivity index (χ4v) is 1.79. The molecular formula is C14H19NO2. The highest BCUT2D eigenvalue weighted by Crippen LogP contribution is 2.22. The summed E-state index contributed by atoms with van der Waals surface area (Å²) >= 11 is 0. The first-order valence-electron chi connectivity index (χ1n) is 5.69. The first-order valence-corrected chi connectivity index (χ1v) is 5.69. The maximum absolute atomic E-state index is 11.2. The van der Waals surface area contributed by atoms with Gasteiger partial charge >= 0.3 is 5.97 Å². The van der Waals surface area contributed by atoms with E-state index in [1.54, 1.807) is 6.07 Å². The van der Waals surface area contributed by atoms with E-state index in [-0.39, 0.29) is 0 Å². The monoisotopic (exact) mass is 233 g/mol. The topological polar surface area (TPSA) is 40.5 Å². The van der Waals surface area contributed by atoms with Crippen LogP contribution in [-0.2, 0) is 0 Å². The summed E-state index contributed by atoms with van der Waals surface area (Å²) in [6.45, 7) is 11.2. The van der Waals surface area contributed by atoms with Crippen molar-refractivity contribution in [3.8, 4) is 0 Å². The Morgan fingerprint density at radius 1 is 1.47 bits per heavy atom. The molecule has 0 saturated heterocycles. The van der Waals surface area contributed by atoms with Crippen LogP contribution in [-0.4, -0.2) is 24.2 Å². The molecule has 1 rings (SSSR count). The van der Waals surface area contributed by atoms with E-state index in [0.29, 0.717) is 12.1 Å². The predicted octanol–water partition coefficient (Wildman–Crippen LogP) is 3.10. The predicted molar refractivity (Wildman–Crippen MR) is 70.8 cm³/mol. The largest absolute Gasteiger partial charge is 0.478 e. The number of carbonyl (C=O) groups is 1. The van der Waals surface area contributed by atoms with E-state index in [2.05, 4.69) is 6.58 Å². The number of carboxylic acid groups (broad SMARTS) is 1. The molecular weight excluding hydrogens is 214 g/mol. The van der Waals surface area contributed by atoms with Crippen molar-refractivity contribution < 1.29 is 9.90 Å². The maximum Gasteiger partial charge on any atom is 0.337 e. The normalized spacial score (nSPS) is 10.1. The van der Waals surface area contributed by atoms with E-state index < -0.39 is 5.97 Å². The van der Waals surface area contributed by atoms with Crippen LogP contribution in [0, 0.1) is 6.92 Å². The van der Waals surface area contributed by atoms with Gasteiger partial charge in [0, 0.05) is 13.1 Å². The van der Waals surface area contributed by atoms with Gasteiger partial charge in [-0.05, 0) is 32.9 Å². The zero-order valence-corrected chi connectivity index (χ0v) is 10.7. The van der Waals surface area contributed by atoms with Gasteiger partial charge in [-0.25, -0.2) is 4.79 Å². The second-order valence-corrected chi connectivity index (χ2v) is 4.30. The highest BCUT2D eigenvalue weighted by atomic mass is 16.4. The number of hydrogen-bond donors (Lipinski definition) is 1. The molecule has 0 aliphatic carbocycles. The smallest absolute Gasteiger partial charge is 0.337 e. The third-order valence-electron chi connectivity index (χ3n) is 2.57. The summed E-state index contributed by atoms with van der Waals surface area (Å²) in [5, 5.41) is 9.22. The number of anilines is 1. The lowest BCUT2D eigenvalue weighted by molar-refractivity contribution is 0.0697. The van der Waals surface area contributed by atoms with Crippen LogP contribution in [0.2, 0.25) is 0 Å². The summed E-state index contributed by atoms with van der Waals surface area (Å²) in [4.78, 5) is 13.3. The molecule has 0 fully saturated rings. The van der Waals surface area contributed by atoms with Gasteiger partial charge in [0.1, 0.15) is 0 Å². The van der Waals surface area contributed by atoms with E-state index in [1.165, 1.54) is 0 Å². The van der Waals surface area contributed by atoms with E-state index in [1.807, 2.05) is 37.8 Å². The molecule has 0 aliphatic rings. The average molecular weight is 233 g/mol. The van der Waals surface area contributed by atoms with Crippen molar-refractivity contribution in [1.29, 1.82) is 0 Å². The maximum atomic E-state index is 11.2. The molecule has 1 aromatic rings. The van der Waals surface area contributed by atoms with Crippen LogP contribution in [0.4, 0.5) is 5.69 Å². The minimum atomic E-state index is -0.885. The SMILES string of the molecule is C=C(C)CN(CC)c1ccc(C)cc1C(=O)O. The third kappa shape index (κ3) is 3.34. The Labute approximate surface area is 102 Å². The Kier molecular flexibility index (Phi) is 4.32. The third-order valence-corrected chi connectivity index (χ3v) is 2.57. The van der Waals surface area contributed by atoms with E-state index >= 15 is 0 Å². The molecule has 3 heteroatoms. The molecule has 92 valence electrons. The van der Waals surface area contributed by atoms with Crippen LogP contribution >= 0.6 is 0 Å². The van der Waals surface area contributed by atoms with Gasteiger partial charge in [-0.3, -0.25) is 0 Å². The van der Waals surface area contributed by atoms with Crippen molar-refractivity contribution >= 4 is 11.7 Å². The highest BCUT2D eigenvalue weighted by molar-refractivity contribution is 5.94. The van der Waals surface area contributed by atoms with E-state index in [0.717, 1.165) is 23.4 Å². The number of carboxylic acids is 1. The number of rotatable bonds is 5. The molecule has 0 saturated carbocycles. The molecule has 0 aliphatic heterocycles. The molecule has 0 aromatic heterocycles. The Morgan fingerprint density at radius 2 is 2.12 bits per heavy atom. The Hall–Kier alpha value is -1.77. The fourth-order valence-electron chi connectivity index (χ4n) is 1.79. The molecule has 0 radical (unpaired) electrons. The van der Waals surface area contributed by atoms with Crippen LogP contribution in [0.25, 0.3) is 0 Å². The molecule has 0 unspecified atom stereocenters. The molecule has 0 bridgehead atoms. The number of aromatic carboxylic acids is 1. The van der Waals surface area contributed by atoms with Gasteiger partial charge < -0.3 is 10.0 Å². The molecule has 0 amide bonds. The summed E-state index contributed by atoms with van der Waals surface area (Å²) < 4.78 is 0. The molecule has 0 heterocycles. The second kappa shape index (κ2) is 5.53. The lowest BCUT2D eigenvalue weighted by Crippen LogP contribution is -2.26. The lowest BCUT2D eigenvalue weighted by atomic mass is 10.1. The van der Waals surface area contributed by atoms with Crippen molar-refractivity contribution in [2.45, 2.75) is 20.8 Å². The van der Waals surface area contributed by atoms with Crippen molar-refractivity contribution in [3.05, 3.63) is 41.5 Å². The van der Waals surface area contributed by atoms with E-state index in [4.69, 9.17) is 0 Å². The number of nitrogens with zero attached hydrogens (tertiary/aromatic N) is 1.